The van der Waals surface area contributed by atoms with Crippen molar-refractivity contribution in [3.63, 3.8) is 0 Å². The van der Waals surface area contributed by atoms with Crippen molar-refractivity contribution in [1.29, 1.82) is 0 Å². The normalized spacial score (nSPS) is 14.2. The second-order valence-corrected chi connectivity index (χ2v) is 6.14. The number of hydrogen-bond acceptors (Lipinski definition) is 3. The van der Waals surface area contributed by atoms with Crippen molar-refractivity contribution in [2.45, 2.75) is 45.6 Å². The molecule has 0 atom stereocenters. The number of benzene rings is 1. The fourth-order valence-corrected chi connectivity index (χ4v) is 2.30. The van der Waals surface area contributed by atoms with Crippen LogP contribution in [0, 0.1) is 5.92 Å². The number of anilines is 1. The van der Waals surface area contributed by atoms with Crippen LogP contribution in [0.4, 0.5) is 5.69 Å². The van der Waals surface area contributed by atoms with Crippen molar-refractivity contribution >= 4 is 11.6 Å². The Balaban J connectivity index is 1.78. The molecule has 0 bridgehead atoms. The lowest BCUT2D eigenvalue weighted by Gasteiger charge is -2.23. The molecule has 0 radical (unpaired) electrons. The van der Waals surface area contributed by atoms with Gasteiger partial charge < -0.3 is 15.4 Å². The van der Waals surface area contributed by atoms with Gasteiger partial charge in [-0.25, -0.2) is 0 Å². The molecule has 1 amide bonds. The molecule has 1 aliphatic carbocycles. The van der Waals surface area contributed by atoms with Crippen LogP contribution in [0.2, 0.25) is 0 Å². The Bertz CT molecular complexity index is 470. The largest absolute Gasteiger partial charge is 0.491 e. The summed E-state index contributed by atoms with van der Waals surface area (Å²) in [4.78, 5) is 14.4. The van der Waals surface area contributed by atoms with E-state index in [4.69, 9.17) is 10.5 Å². The molecule has 2 rings (SSSR count). The molecule has 1 aromatic carbocycles. The maximum atomic E-state index is 12.3. The second kappa shape index (κ2) is 7.34. The minimum absolute atomic E-state index is 0.202. The summed E-state index contributed by atoms with van der Waals surface area (Å²) in [5.41, 5.74) is 6.43. The van der Waals surface area contributed by atoms with E-state index in [0.29, 0.717) is 36.4 Å². The van der Waals surface area contributed by atoms with Gasteiger partial charge in [0.2, 0.25) is 5.91 Å². The summed E-state index contributed by atoms with van der Waals surface area (Å²) in [6, 6.07) is 7.85. The molecule has 0 heterocycles. The number of hydrogen-bond donors (Lipinski definition) is 1. The van der Waals surface area contributed by atoms with E-state index < -0.39 is 0 Å². The minimum atomic E-state index is 0.202. The van der Waals surface area contributed by atoms with E-state index >= 15 is 0 Å². The lowest BCUT2D eigenvalue weighted by Crippen LogP contribution is -2.35. The highest BCUT2D eigenvalue weighted by molar-refractivity contribution is 5.77. The van der Waals surface area contributed by atoms with E-state index in [1.54, 1.807) is 6.07 Å². The van der Waals surface area contributed by atoms with Crippen LogP contribution in [0.5, 0.6) is 5.75 Å². The number of nitrogens with two attached hydrogens (primary N) is 1. The monoisotopic (exact) mass is 290 g/mol. The van der Waals surface area contributed by atoms with Gasteiger partial charge in [0.25, 0.3) is 0 Å². The number of para-hydroxylation sites is 2. The third-order valence-electron chi connectivity index (χ3n) is 3.75. The van der Waals surface area contributed by atoms with E-state index in [2.05, 4.69) is 13.8 Å². The number of nitrogens with zero attached hydrogens (tertiary/aromatic N) is 1. The first kappa shape index (κ1) is 15.7. The van der Waals surface area contributed by atoms with E-state index in [0.717, 1.165) is 25.8 Å². The van der Waals surface area contributed by atoms with Crippen LogP contribution in [0.15, 0.2) is 24.3 Å². The third-order valence-corrected chi connectivity index (χ3v) is 3.75. The van der Waals surface area contributed by atoms with Crippen LogP contribution >= 0.6 is 0 Å². The first-order valence-electron chi connectivity index (χ1n) is 7.84. The van der Waals surface area contributed by atoms with Crippen LogP contribution in [0.3, 0.4) is 0 Å². The molecule has 1 aliphatic rings. The first-order chi connectivity index (χ1) is 10.1. The zero-order valence-corrected chi connectivity index (χ0v) is 13.0. The van der Waals surface area contributed by atoms with Gasteiger partial charge >= 0.3 is 0 Å². The molecule has 0 unspecified atom stereocenters. The van der Waals surface area contributed by atoms with Crippen LogP contribution < -0.4 is 10.5 Å². The van der Waals surface area contributed by atoms with Crippen molar-refractivity contribution in [2.75, 3.05) is 18.9 Å². The van der Waals surface area contributed by atoms with Gasteiger partial charge in [0, 0.05) is 12.6 Å². The van der Waals surface area contributed by atoms with Crippen molar-refractivity contribution in [1.82, 2.24) is 4.90 Å². The van der Waals surface area contributed by atoms with E-state index in [9.17, 15) is 4.79 Å². The fourth-order valence-electron chi connectivity index (χ4n) is 2.30. The topological polar surface area (TPSA) is 55.6 Å². The second-order valence-electron chi connectivity index (χ2n) is 6.14. The SMILES string of the molecule is CC(C)CCN(C(=O)CCOc1ccccc1N)C1CC1. The summed E-state index contributed by atoms with van der Waals surface area (Å²) >= 11 is 0. The van der Waals surface area contributed by atoms with Gasteiger partial charge in [0.1, 0.15) is 5.75 Å². The highest BCUT2D eigenvalue weighted by Crippen LogP contribution is 2.28. The number of carbonyl (C=O) groups is 1. The van der Waals surface area contributed by atoms with Crippen LogP contribution in [0.1, 0.15) is 39.5 Å². The van der Waals surface area contributed by atoms with Gasteiger partial charge in [0.05, 0.1) is 18.7 Å². The third kappa shape index (κ3) is 4.96. The Kier molecular flexibility index (Phi) is 5.48. The molecule has 116 valence electrons. The summed E-state index contributed by atoms with van der Waals surface area (Å²) in [6.45, 7) is 5.64. The van der Waals surface area contributed by atoms with Gasteiger partial charge in [0.15, 0.2) is 0 Å². The lowest BCUT2D eigenvalue weighted by molar-refractivity contribution is -0.132. The molecule has 0 aromatic heterocycles. The minimum Gasteiger partial charge on any atom is -0.491 e. The van der Waals surface area contributed by atoms with E-state index in [1.165, 1.54) is 0 Å². The summed E-state index contributed by atoms with van der Waals surface area (Å²) < 4.78 is 5.61. The molecular formula is C17H26N2O2. The number of rotatable bonds is 8. The molecule has 0 spiro atoms. The molecule has 0 aliphatic heterocycles. The zero-order valence-electron chi connectivity index (χ0n) is 13.0. The van der Waals surface area contributed by atoms with Gasteiger partial charge in [-0.15, -0.1) is 0 Å². The maximum Gasteiger partial charge on any atom is 0.226 e. The average molecular weight is 290 g/mol. The number of carbonyl (C=O) groups excluding carboxylic acids is 1. The van der Waals surface area contributed by atoms with Crippen molar-refractivity contribution in [3.8, 4) is 5.75 Å². The first-order valence-corrected chi connectivity index (χ1v) is 7.84. The maximum absolute atomic E-state index is 12.3. The summed E-state index contributed by atoms with van der Waals surface area (Å²) in [7, 11) is 0. The van der Waals surface area contributed by atoms with Gasteiger partial charge in [-0.05, 0) is 37.3 Å². The predicted octanol–water partition coefficient (Wildman–Crippen LogP) is 3.07. The van der Waals surface area contributed by atoms with Crippen molar-refractivity contribution in [2.24, 2.45) is 5.92 Å². The van der Waals surface area contributed by atoms with Crippen molar-refractivity contribution < 1.29 is 9.53 Å². The Morgan fingerprint density at radius 1 is 1.38 bits per heavy atom. The van der Waals surface area contributed by atoms with E-state index in [-0.39, 0.29) is 5.91 Å². The molecule has 0 saturated heterocycles. The fraction of sp³-hybridized carbons (Fsp3) is 0.588. The molecule has 1 saturated carbocycles. The lowest BCUT2D eigenvalue weighted by atomic mass is 10.1. The van der Waals surface area contributed by atoms with Crippen LogP contribution in [-0.4, -0.2) is 30.0 Å². The summed E-state index contributed by atoms with van der Waals surface area (Å²) in [5, 5.41) is 0. The van der Waals surface area contributed by atoms with Crippen LogP contribution in [0.25, 0.3) is 0 Å². The molecule has 4 nitrogen and oxygen atoms in total. The Labute approximate surface area is 127 Å². The highest BCUT2D eigenvalue weighted by atomic mass is 16.5. The smallest absolute Gasteiger partial charge is 0.226 e. The van der Waals surface area contributed by atoms with Gasteiger partial charge in [-0.1, -0.05) is 26.0 Å². The molecule has 1 fully saturated rings. The van der Waals surface area contributed by atoms with Gasteiger partial charge in [-0.2, -0.15) is 0 Å². The quantitative estimate of drug-likeness (QED) is 0.749. The number of amides is 1. The summed E-state index contributed by atoms with van der Waals surface area (Å²) in [5.74, 6) is 1.48. The zero-order chi connectivity index (χ0) is 15.2. The van der Waals surface area contributed by atoms with Crippen molar-refractivity contribution in [3.05, 3.63) is 24.3 Å². The molecule has 21 heavy (non-hydrogen) atoms. The average Bonchev–Trinajstić information content (AvgIpc) is 3.25. The molecule has 1 aromatic rings. The van der Waals surface area contributed by atoms with E-state index in [1.807, 2.05) is 23.1 Å². The summed E-state index contributed by atoms with van der Waals surface area (Å²) in [6.07, 6.45) is 3.78. The Hall–Kier alpha value is -1.71. The Morgan fingerprint density at radius 3 is 2.71 bits per heavy atom. The predicted molar refractivity (Wildman–Crippen MR) is 85.2 cm³/mol. The molecule has 4 heteroatoms. The standard InChI is InChI=1S/C17H26N2O2/c1-13(2)9-11-19(14-7-8-14)17(20)10-12-21-16-6-4-3-5-15(16)18/h3-6,13-14H,7-12,18H2,1-2H3. The molecule has 2 N–H and O–H groups in total. The number of nitrogen functional groups attached to an aromatic ring is 1. The van der Waals surface area contributed by atoms with Crippen LogP contribution in [-0.2, 0) is 4.79 Å². The van der Waals surface area contributed by atoms with Gasteiger partial charge in [-0.3, -0.25) is 4.79 Å². The number of ether oxygens (including phenoxy) is 1. The Morgan fingerprint density at radius 2 is 2.10 bits per heavy atom. The highest BCUT2D eigenvalue weighted by Gasteiger charge is 2.31. The molecular weight excluding hydrogens is 264 g/mol.